The lowest BCUT2D eigenvalue weighted by atomic mass is 10.0. The molecule has 0 radical (unpaired) electrons. The topological polar surface area (TPSA) is 60.7 Å². The van der Waals surface area contributed by atoms with Crippen LogP contribution in [0, 0.1) is 0 Å². The van der Waals surface area contributed by atoms with E-state index in [0.29, 0.717) is 10.8 Å². The summed E-state index contributed by atoms with van der Waals surface area (Å²) < 4.78 is 0. The van der Waals surface area contributed by atoms with E-state index in [2.05, 4.69) is 0 Å². The smallest absolute Gasteiger partial charge is 0.135 e. The zero-order chi connectivity index (χ0) is 12.0. The summed E-state index contributed by atoms with van der Waals surface area (Å²) in [7, 11) is 0. The van der Waals surface area contributed by atoms with Crippen molar-refractivity contribution in [2.75, 3.05) is 0 Å². The van der Waals surface area contributed by atoms with Crippen molar-refractivity contribution in [1.29, 1.82) is 0 Å². The monoisotopic (exact) mass is 226 g/mol. The summed E-state index contributed by atoms with van der Waals surface area (Å²) in [6.45, 7) is 0. The fraction of sp³-hybridized carbons (Fsp3) is 0. The third-order valence-electron chi connectivity index (χ3n) is 2.95. The number of hydrogen-bond acceptors (Lipinski definition) is 3. The summed E-state index contributed by atoms with van der Waals surface area (Å²) in [6, 6.07) is 11.8. The number of aromatic hydroxyl groups is 3. The van der Waals surface area contributed by atoms with Crippen molar-refractivity contribution in [3.8, 4) is 17.2 Å². The lowest BCUT2D eigenvalue weighted by molar-refractivity contribution is 0.460. The first-order chi connectivity index (χ1) is 8.18. The van der Waals surface area contributed by atoms with Gasteiger partial charge in [0.25, 0.3) is 0 Å². The number of phenols is 3. The van der Waals surface area contributed by atoms with Crippen LogP contribution in [-0.4, -0.2) is 15.3 Å². The van der Waals surface area contributed by atoms with Crippen LogP contribution >= 0.6 is 0 Å². The quantitative estimate of drug-likeness (QED) is 0.407. The van der Waals surface area contributed by atoms with Gasteiger partial charge >= 0.3 is 0 Å². The van der Waals surface area contributed by atoms with Gasteiger partial charge in [0.1, 0.15) is 17.2 Å². The van der Waals surface area contributed by atoms with E-state index in [1.807, 2.05) is 18.2 Å². The summed E-state index contributed by atoms with van der Waals surface area (Å²) in [4.78, 5) is 0. The summed E-state index contributed by atoms with van der Waals surface area (Å²) >= 11 is 0. The molecule has 0 amide bonds. The molecule has 0 aliphatic heterocycles. The number of phenolic OH excluding ortho intramolecular Hbond substituents is 3. The van der Waals surface area contributed by atoms with E-state index in [1.54, 1.807) is 12.1 Å². The van der Waals surface area contributed by atoms with E-state index in [4.69, 9.17) is 0 Å². The molecule has 3 aromatic rings. The molecule has 0 aliphatic rings. The lowest BCUT2D eigenvalue weighted by Crippen LogP contribution is -1.80. The Morgan fingerprint density at radius 1 is 0.706 bits per heavy atom. The predicted octanol–water partition coefficient (Wildman–Crippen LogP) is 3.11. The number of benzene rings is 3. The molecule has 0 bridgehead atoms. The largest absolute Gasteiger partial charge is 0.507 e. The van der Waals surface area contributed by atoms with Crippen molar-refractivity contribution in [2.45, 2.75) is 0 Å². The maximum atomic E-state index is 10.1. The Hall–Kier alpha value is -2.42. The van der Waals surface area contributed by atoms with Gasteiger partial charge in [-0.25, -0.2) is 0 Å². The maximum absolute atomic E-state index is 10.1. The Bertz CT molecular complexity index is 732. The molecule has 0 fully saturated rings. The maximum Gasteiger partial charge on any atom is 0.135 e. The Morgan fingerprint density at radius 2 is 1.41 bits per heavy atom. The first-order valence-electron chi connectivity index (χ1n) is 5.24. The Labute approximate surface area is 97.2 Å². The minimum absolute atomic E-state index is 0.00787. The highest BCUT2D eigenvalue weighted by Gasteiger charge is 2.12. The molecule has 0 unspecified atom stereocenters. The molecule has 0 saturated heterocycles. The zero-order valence-corrected chi connectivity index (χ0v) is 8.88. The van der Waals surface area contributed by atoms with Crippen LogP contribution in [0.3, 0.4) is 0 Å². The molecule has 0 heterocycles. The van der Waals surface area contributed by atoms with Gasteiger partial charge in [0.05, 0.1) is 5.39 Å². The van der Waals surface area contributed by atoms with Crippen LogP contribution in [0.1, 0.15) is 0 Å². The zero-order valence-electron chi connectivity index (χ0n) is 8.88. The van der Waals surface area contributed by atoms with Crippen LogP contribution in [0.15, 0.2) is 42.5 Å². The third kappa shape index (κ3) is 1.29. The van der Waals surface area contributed by atoms with Crippen LogP contribution in [0.5, 0.6) is 17.2 Å². The molecule has 3 heteroatoms. The van der Waals surface area contributed by atoms with Crippen LogP contribution in [-0.2, 0) is 0 Å². The second-order valence-corrected chi connectivity index (χ2v) is 3.97. The number of rotatable bonds is 0. The standard InChI is InChI=1S/C14H10O3/c15-11-5-6-12(16)13-10(11)7-8-3-1-2-4-9(8)14(13)17/h1-7,15-17H. The molecule has 0 aliphatic carbocycles. The van der Waals surface area contributed by atoms with Crippen molar-refractivity contribution in [3.63, 3.8) is 0 Å². The summed E-state index contributed by atoms with van der Waals surface area (Å²) in [5.74, 6) is -0.00796. The van der Waals surface area contributed by atoms with Gasteiger partial charge in [0, 0.05) is 10.8 Å². The first-order valence-corrected chi connectivity index (χ1v) is 5.24. The van der Waals surface area contributed by atoms with E-state index in [0.717, 1.165) is 5.39 Å². The third-order valence-corrected chi connectivity index (χ3v) is 2.95. The molecule has 17 heavy (non-hydrogen) atoms. The molecule has 0 atom stereocenters. The molecule has 3 nitrogen and oxygen atoms in total. The van der Waals surface area contributed by atoms with Gasteiger partial charge in [-0.1, -0.05) is 24.3 Å². The van der Waals surface area contributed by atoms with Gasteiger partial charge in [-0.05, 0) is 23.6 Å². The van der Waals surface area contributed by atoms with E-state index < -0.39 is 0 Å². The molecule has 3 rings (SSSR count). The molecule has 3 N–H and O–H groups in total. The molecule has 84 valence electrons. The summed E-state index contributed by atoms with van der Waals surface area (Å²) in [5, 5.41) is 31.9. The van der Waals surface area contributed by atoms with E-state index in [1.165, 1.54) is 12.1 Å². The fourth-order valence-corrected chi connectivity index (χ4v) is 2.12. The van der Waals surface area contributed by atoms with Gasteiger partial charge in [0.15, 0.2) is 0 Å². The average Bonchev–Trinajstić information content (AvgIpc) is 2.34. The summed E-state index contributed by atoms with van der Waals surface area (Å²) in [6.07, 6.45) is 0. The lowest BCUT2D eigenvalue weighted by Gasteiger charge is -2.09. The number of fused-ring (bicyclic) bond motifs is 2. The van der Waals surface area contributed by atoms with Crippen molar-refractivity contribution < 1.29 is 15.3 Å². The van der Waals surface area contributed by atoms with Gasteiger partial charge in [0.2, 0.25) is 0 Å². The minimum Gasteiger partial charge on any atom is -0.507 e. The van der Waals surface area contributed by atoms with Crippen molar-refractivity contribution in [3.05, 3.63) is 42.5 Å². The van der Waals surface area contributed by atoms with Crippen molar-refractivity contribution in [2.24, 2.45) is 0 Å². The Morgan fingerprint density at radius 3 is 2.24 bits per heavy atom. The molecular weight excluding hydrogens is 216 g/mol. The van der Waals surface area contributed by atoms with E-state index in [-0.39, 0.29) is 22.6 Å². The minimum atomic E-state index is -0.0407. The van der Waals surface area contributed by atoms with Gasteiger partial charge in [-0.3, -0.25) is 0 Å². The normalized spacial score (nSPS) is 11.1. The molecular formula is C14H10O3. The molecule has 3 aromatic carbocycles. The fourth-order valence-electron chi connectivity index (χ4n) is 2.12. The van der Waals surface area contributed by atoms with E-state index >= 15 is 0 Å². The van der Waals surface area contributed by atoms with Gasteiger partial charge in [-0.15, -0.1) is 0 Å². The van der Waals surface area contributed by atoms with Crippen LogP contribution in [0.2, 0.25) is 0 Å². The predicted molar refractivity (Wildman–Crippen MR) is 66.4 cm³/mol. The highest BCUT2D eigenvalue weighted by molar-refractivity contribution is 6.09. The van der Waals surface area contributed by atoms with Crippen molar-refractivity contribution >= 4 is 21.5 Å². The van der Waals surface area contributed by atoms with Crippen LogP contribution < -0.4 is 0 Å². The highest BCUT2D eigenvalue weighted by atomic mass is 16.3. The van der Waals surface area contributed by atoms with Gasteiger partial charge in [-0.2, -0.15) is 0 Å². The SMILES string of the molecule is Oc1ccc(O)c2c(O)c3ccccc3cc12. The highest BCUT2D eigenvalue weighted by Crippen LogP contribution is 2.42. The number of hydrogen-bond donors (Lipinski definition) is 3. The van der Waals surface area contributed by atoms with Crippen LogP contribution in [0.25, 0.3) is 21.5 Å². The first kappa shape index (κ1) is 9.78. The summed E-state index contributed by atoms with van der Waals surface area (Å²) in [5.41, 5.74) is 0. The Kier molecular flexibility index (Phi) is 1.89. The second kappa shape index (κ2) is 3.28. The molecule has 0 aromatic heterocycles. The van der Waals surface area contributed by atoms with E-state index in [9.17, 15) is 15.3 Å². The van der Waals surface area contributed by atoms with Crippen LogP contribution in [0.4, 0.5) is 0 Å². The second-order valence-electron chi connectivity index (χ2n) is 3.97. The van der Waals surface area contributed by atoms with Gasteiger partial charge < -0.3 is 15.3 Å². The average molecular weight is 226 g/mol. The molecule has 0 saturated carbocycles. The van der Waals surface area contributed by atoms with Crippen molar-refractivity contribution in [1.82, 2.24) is 0 Å². The molecule has 0 spiro atoms. The Balaban J connectivity index is 2.64.